The summed E-state index contributed by atoms with van der Waals surface area (Å²) in [6.45, 7) is 2.07. The van der Waals surface area contributed by atoms with Crippen molar-refractivity contribution < 1.29 is 18.0 Å². The lowest BCUT2D eigenvalue weighted by Gasteiger charge is -2.10. The lowest BCUT2D eigenvalue weighted by Crippen LogP contribution is -2.37. The third kappa shape index (κ3) is 6.51. The number of amides is 2. The molecule has 2 amide bonds. The molecule has 1 heterocycles. The molecule has 2 N–H and O–H groups in total. The van der Waals surface area contributed by atoms with Crippen LogP contribution in [0.25, 0.3) is 0 Å². The van der Waals surface area contributed by atoms with Crippen LogP contribution in [0.3, 0.4) is 0 Å². The van der Waals surface area contributed by atoms with Crippen LogP contribution >= 0.6 is 0 Å². The van der Waals surface area contributed by atoms with E-state index >= 15 is 0 Å². The largest absolute Gasteiger partial charge is 0.352 e. The molecule has 1 aliphatic rings. The van der Waals surface area contributed by atoms with Gasteiger partial charge in [-0.3, -0.25) is 9.59 Å². The number of rotatable bonds is 6. The van der Waals surface area contributed by atoms with Gasteiger partial charge in [0, 0.05) is 25.1 Å². The van der Waals surface area contributed by atoms with Crippen LogP contribution in [0.2, 0.25) is 0 Å². The van der Waals surface area contributed by atoms with E-state index in [0.29, 0.717) is 6.42 Å². The Bertz CT molecular complexity index is 508. The number of carbonyl (C=O) groups excluding carboxylic acids is 2. The van der Waals surface area contributed by atoms with Crippen molar-refractivity contribution in [1.82, 2.24) is 10.6 Å². The molecule has 6 nitrogen and oxygen atoms in total. The van der Waals surface area contributed by atoms with Gasteiger partial charge in [-0.2, -0.15) is 0 Å². The van der Waals surface area contributed by atoms with Gasteiger partial charge in [0.05, 0.1) is 11.5 Å². The minimum atomic E-state index is -2.99. The fraction of sp³-hybridized carbons (Fsp3) is 0.538. The molecule has 112 valence electrons. The fourth-order valence-electron chi connectivity index (χ4n) is 1.82. The van der Waals surface area contributed by atoms with Gasteiger partial charge in [-0.25, -0.2) is 8.42 Å². The highest BCUT2D eigenvalue weighted by molar-refractivity contribution is 7.91. The first-order valence-electron chi connectivity index (χ1n) is 6.50. The Morgan fingerprint density at radius 1 is 1.30 bits per heavy atom. The van der Waals surface area contributed by atoms with E-state index in [1.54, 1.807) is 18.2 Å². The summed E-state index contributed by atoms with van der Waals surface area (Å²) in [4.78, 5) is 22.9. The van der Waals surface area contributed by atoms with Gasteiger partial charge in [-0.1, -0.05) is 18.2 Å². The number of carbonyl (C=O) groups is 2. The van der Waals surface area contributed by atoms with Gasteiger partial charge in [0.25, 0.3) is 0 Å². The average Bonchev–Trinajstić information content (AvgIpc) is 2.69. The normalized spacial score (nSPS) is 21.4. The van der Waals surface area contributed by atoms with E-state index in [1.807, 2.05) is 6.92 Å². The summed E-state index contributed by atoms with van der Waals surface area (Å²) in [6.07, 6.45) is 7.12. The molecule has 0 bridgehead atoms. The molecule has 0 aromatic carbocycles. The van der Waals surface area contributed by atoms with Gasteiger partial charge in [0.2, 0.25) is 11.8 Å². The van der Waals surface area contributed by atoms with Crippen LogP contribution < -0.4 is 10.6 Å². The predicted octanol–water partition coefficient (Wildman–Crippen LogP) is -0.0717. The first-order valence-corrected chi connectivity index (χ1v) is 8.32. The molecule has 0 spiro atoms. The average molecular weight is 300 g/mol. The zero-order valence-corrected chi connectivity index (χ0v) is 12.3. The van der Waals surface area contributed by atoms with Crippen LogP contribution in [0.15, 0.2) is 24.3 Å². The molecule has 0 radical (unpaired) electrons. The van der Waals surface area contributed by atoms with Gasteiger partial charge < -0.3 is 10.6 Å². The zero-order valence-electron chi connectivity index (χ0n) is 11.5. The molecule has 1 aliphatic heterocycles. The third-order valence-electron chi connectivity index (χ3n) is 2.80. The summed E-state index contributed by atoms with van der Waals surface area (Å²) < 4.78 is 22.5. The Labute approximate surface area is 119 Å². The summed E-state index contributed by atoms with van der Waals surface area (Å²) in [5, 5.41) is 5.24. The van der Waals surface area contributed by atoms with Crippen molar-refractivity contribution in [2.45, 2.75) is 25.8 Å². The molecular formula is C13H20N2O4S. The maximum atomic E-state index is 11.6. The third-order valence-corrected chi connectivity index (χ3v) is 4.57. The predicted molar refractivity (Wildman–Crippen MR) is 76.8 cm³/mol. The summed E-state index contributed by atoms with van der Waals surface area (Å²) in [7, 11) is -2.99. The first kappa shape index (κ1) is 16.4. The molecule has 1 atom stereocenters. The Morgan fingerprint density at radius 2 is 2.05 bits per heavy atom. The zero-order chi connectivity index (χ0) is 15.0. The Balaban J connectivity index is 2.19. The van der Waals surface area contributed by atoms with Crippen molar-refractivity contribution in [3.8, 4) is 0 Å². The molecule has 0 unspecified atom stereocenters. The Kier molecular flexibility index (Phi) is 6.44. The maximum absolute atomic E-state index is 11.6. The number of nitrogens with one attached hydrogen (secondary N) is 2. The van der Waals surface area contributed by atoms with Crippen LogP contribution in [0.4, 0.5) is 0 Å². The highest BCUT2D eigenvalue weighted by Gasteiger charge is 2.28. The number of hydrogen-bond acceptors (Lipinski definition) is 4. The number of sulfone groups is 1. The second kappa shape index (κ2) is 7.84. The van der Waals surface area contributed by atoms with Gasteiger partial charge in [0.1, 0.15) is 0 Å². The Morgan fingerprint density at radius 3 is 2.65 bits per heavy atom. The molecule has 7 heteroatoms. The number of allylic oxidation sites excluding steroid dienone is 3. The second-order valence-electron chi connectivity index (χ2n) is 4.59. The molecule has 0 saturated carbocycles. The van der Waals surface area contributed by atoms with Crippen molar-refractivity contribution in [3.63, 3.8) is 0 Å². The monoisotopic (exact) mass is 300 g/mol. The highest BCUT2D eigenvalue weighted by atomic mass is 32.2. The molecule has 0 aliphatic carbocycles. The van der Waals surface area contributed by atoms with E-state index < -0.39 is 9.84 Å². The van der Waals surface area contributed by atoms with E-state index in [2.05, 4.69) is 10.6 Å². The topological polar surface area (TPSA) is 92.3 Å². The minimum absolute atomic E-state index is 0.0111. The van der Waals surface area contributed by atoms with Crippen molar-refractivity contribution in [2.75, 3.05) is 18.1 Å². The summed E-state index contributed by atoms with van der Waals surface area (Å²) >= 11 is 0. The van der Waals surface area contributed by atoms with Crippen LogP contribution in [-0.2, 0) is 19.4 Å². The molecule has 1 fully saturated rings. The minimum Gasteiger partial charge on any atom is -0.352 e. The summed E-state index contributed by atoms with van der Waals surface area (Å²) in [5.41, 5.74) is 0. The van der Waals surface area contributed by atoms with E-state index in [4.69, 9.17) is 0 Å². The van der Waals surface area contributed by atoms with E-state index in [9.17, 15) is 18.0 Å². The lowest BCUT2D eigenvalue weighted by molar-refractivity contribution is -0.121. The Hall–Kier alpha value is -1.63. The van der Waals surface area contributed by atoms with Crippen LogP contribution in [0.1, 0.15) is 19.8 Å². The van der Waals surface area contributed by atoms with Crippen molar-refractivity contribution in [1.29, 1.82) is 0 Å². The molecule has 0 aromatic rings. The van der Waals surface area contributed by atoms with Gasteiger partial charge in [0.15, 0.2) is 9.84 Å². The van der Waals surface area contributed by atoms with E-state index in [1.165, 1.54) is 6.08 Å². The van der Waals surface area contributed by atoms with Crippen LogP contribution in [0.5, 0.6) is 0 Å². The molecule has 20 heavy (non-hydrogen) atoms. The standard InChI is InChI=1S/C13H20N2O4S/c1-2-3-4-5-12(16)14-8-6-13(17)15-11-7-9-20(18,19)10-11/h2-5,11H,6-10H2,1H3,(H,14,16)(H,15,17)/b3-2+,5-4-/t11-/m0/s1. The second-order valence-corrected chi connectivity index (χ2v) is 6.82. The van der Waals surface area contributed by atoms with Crippen LogP contribution in [-0.4, -0.2) is 44.3 Å². The fourth-order valence-corrected chi connectivity index (χ4v) is 3.49. The molecule has 0 aromatic heterocycles. The van der Waals surface area contributed by atoms with E-state index in [-0.39, 0.29) is 42.3 Å². The SMILES string of the molecule is C/C=C/C=C\C(=O)NCCC(=O)N[C@H]1CCS(=O)(=O)C1. The smallest absolute Gasteiger partial charge is 0.243 e. The lowest BCUT2D eigenvalue weighted by atomic mass is 10.2. The quantitative estimate of drug-likeness (QED) is 0.530. The summed E-state index contributed by atoms with van der Waals surface area (Å²) in [6, 6.07) is -0.294. The van der Waals surface area contributed by atoms with Crippen molar-refractivity contribution >= 4 is 21.7 Å². The first-order chi connectivity index (χ1) is 9.43. The van der Waals surface area contributed by atoms with Crippen LogP contribution in [0, 0.1) is 0 Å². The van der Waals surface area contributed by atoms with Gasteiger partial charge >= 0.3 is 0 Å². The van der Waals surface area contributed by atoms with Gasteiger partial charge in [-0.05, 0) is 13.3 Å². The maximum Gasteiger partial charge on any atom is 0.243 e. The van der Waals surface area contributed by atoms with Gasteiger partial charge in [-0.15, -0.1) is 0 Å². The molecule has 1 rings (SSSR count). The molecular weight excluding hydrogens is 280 g/mol. The van der Waals surface area contributed by atoms with Crippen molar-refractivity contribution in [3.05, 3.63) is 24.3 Å². The van der Waals surface area contributed by atoms with Crippen molar-refractivity contribution in [2.24, 2.45) is 0 Å². The molecule has 1 saturated heterocycles. The highest BCUT2D eigenvalue weighted by Crippen LogP contribution is 2.11. The summed E-state index contributed by atoms with van der Waals surface area (Å²) in [5.74, 6) is -0.370. The number of hydrogen-bond donors (Lipinski definition) is 2. The van der Waals surface area contributed by atoms with E-state index in [0.717, 1.165) is 0 Å².